The highest BCUT2D eigenvalue weighted by atomic mass is 14.3. The van der Waals surface area contributed by atoms with Crippen molar-refractivity contribution < 1.29 is 0 Å². The van der Waals surface area contributed by atoms with Crippen molar-refractivity contribution in [2.75, 3.05) is 0 Å². The minimum Gasteiger partial charge on any atom is -0.0683 e. The molecule has 0 spiro atoms. The number of benzene rings is 2. The normalized spacial score (nSPS) is 12.6. The Hall–Kier alpha value is -1.56. The van der Waals surface area contributed by atoms with Gasteiger partial charge < -0.3 is 0 Å². The molecule has 2 aromatic rings. The van der Waals surface area contributed by atoms with Crippen LogP contribution in [0.2, 0.25) is 0 Å². The van der Waals surface area contributed by atoms with Crippen LogP contribution in [0.1, 0.15) is 168 Å². The average molecular weight is 495 g/mol. The van der Waals surface area contributed by atoms with Crippen molar-refractivity contribution in [3.8, 4) is 0 Å². The minimum absolute atomic E-state index is 0.124. The Morgan fingerprint density at radius 2 is 0.694 bits per heavy atom. The van der Waals surface area contributed by atoms with Gasteiger partial charge in [-0.2, -0.15) is 0 Å². The van der Waals surface area contributed by atoms with E-state index in [0.29, 0.717) is 5.92 Å². The predicted molar refractivity (Wildman–Crippen MR) is 167 cm³/mol. The largest absolute Gasteiger partial charge is 0.0683 e. The maximum atomic E-state index is 2.50. The molecule has 206 valence electrons. The molecule has 0 aliphatic carbocycles. The maximum absolute atomic E-state index is 2.50. The van der Waals surface area contributed by atoms with Gasteiger partial charge in [0.15, 0.2) is 0 Å². The third-order valence-electron chi connectivity index (χ3n) is 7.18. The van der Waals surface area contributed by atoms with Crippen molar-refractivity contribution in [2.45, 2.75) is 159 Å². The summed E-state index contributed by atoms with van der Waals surface area (Å²) in [5.74, 6) is 0.349. The van der Waals surface area contributed by atoms with Gasteiger partial charge in [-0.3, -0.25) is 0 Å². The highest BCUT2D eigenvalue weighted by molar-refractivity contribution is 5.52. The molecule has 0 unspecified atom stereocenters. The zero-order chi connectivity index (χ0) is 29.0. The summed E-state index contributed by atoms with van der Waals surface area (Å²) < 4.78 is 0. The molecule has 2 aromatic carbocycles. The first-order valence-corrected chi connectivity index (χ1v) is 14.5. The summed E-state index contributed by atoms with van der Waals surface area (Å²) in [6, 6.07) is 9.92. The van der Waals surface area contributed by atoms with Crippen molar-refractivity contribution in [1.29, 1.82) is 0 Å². The molecule has 0 fully saturated rings. The number of rotatable bonds is 2. The highest BCUT2D eigenvalue weighted by Crippen LogP contribution is 2.41. The van der Waals surface area contributed by atoms with Gasteiger partial charge in [-0.15, -0.1) is 0 Å². The Morgan fingerprint density at radius 1 is 0.444 bits per heavy atom. The van der Waals surface area contributed by atoms with E-state index in [1.807, 2.05) is 27.7 Å². The molecule has 2 rings (SSSR count). The lowest BCUT2D eigenvalue weighted by atomic mass is 9.72. The van der Waals surface area contributed by atoms with Crippen LogP contribution in [-0.4, -0.2) is 0 Å². The van der Waals surface area contributed by atoms with Gasteiger partial charge in [-0.05, 0) is 80.0 Å². The topological polar surface area (TPSA) is 0 Å². The van der Waals surface area contributed by atoms with Crippen molar-refractivity contribution in [1.82, 2.24) is 0 Å². The van der Waals surface area contributed by atoms with Crippen LogP contribution in [0.5, 0.6) is 0 Å². The molecule has 0 atom stereocenters. The molecule has 0 amide bonds. The van der Waals surface area contributed by atoms with Crippen LogP contribution in [-0.2, 0) is 21.7 Å². The van der Waals surface area contributed by atoms with E-state index in [0.717, 1.165) is 0 Å². The van der Waals surface area contributed by atoms with Gasteiger partial charge in [-0.1, -0.05) is 142 Å². The molecule has 0 aliphatic rings. The van der Waals surface area contributed by atoms with Crippen LogP contribution in [0.3, 0.4) is 0 Å². The molecular weight excluding hydrogens is 432 g/mol. The Kier molecular flexibility index (Phi) is 11.8. The molecule has 0 aromatic heterocycles. The zero-order valence-electron chi connectivity index (χ0n) is 27.9. The summed E-state index contributed by atoms with van der Waals surface area (Å²) in [6.07, 6.45) is 0. The third-order valence-corrected chi connectivity index (χ3v) is 7.18. The summed E-state index contributed by atoms with van der Waals surface area (Å²) in [5, 5.41) is 0. The smallest absolute Gasteiger partial charge is 0.00666 e. The zero-order valence-corrected chi connectivity index (χ0v) is 27.9. The molecule has 36 heavy (non-hydrogen) atoms. The van der Waals surface area contributed by atoms with Gasteiger partial charge in [0.05, 0.1) is 0 Å². The Morgan fingerprint density at radius 3 is 0.889 bits per heavy atom. The van der Waals surface area contributed by atoms with Crippen molar-refractivity contribution in [2.24, 2.45) is 0 Å². The van der Waals surface area contributed by atoms with E-state index in [9.17, 15) is 0 Å². The lowest BCUT2D eigenvalue weighted by Crippen LogP contribution is -2.21. The first-order chi connectivity index (χ1) is 16.2. The van der Waals surface area contributed by atoms with Gasteiger partial charge >= 0.3 is 0 Å². The minimum atomic E-state index is 0.124. The van der Waals surface area contributed by atoms with Crippen LogP contribution in [0.15, 0.2) is 24.3 Å². The van der Waals surface area contributed by atoms with Crippen molar-refractivity contribution >= 4 is 0 Å². The second-order valence-electron chi connectivity index (χ2n) is 14.2. The van der Waals surface area contributed by atoms with E-state index in [-0.39, 0.29) is 21.7 Å². The third kappa shape index (κ3) is 8.22. The Balaban J connectivity index is 0.00000291. The van der Waals surface area contributed by atoms with Crippen LogP contribution in [0, 0.1) is 13.8 Å². The fraction of sp³-hybridized carbons (Fsp3) is 0.667. The van der Waals surface area contributed by atoms with Gasteiger partial charge in [0, 0.05) is 5.92 Å². The molecule has 0 N–H and O–H groups in total. The summed E-state index contributed by atoms with van der Waals surface area (Å²) in [5.41, 5.74) is 12.2. The van der Waals surface area contributed by atoms with Crippen LogP contribution in [0.25, 0.3) is 0 Å². The summed E-state index contributed by atoms with van der Waals surface area (Å²) in [6.45, 7) is 43.2. The molecule has 0 bridgehead atoms. The number of hydrogen-bond donors (Lipinski definition) is 0. The van der Waals surface area contributed by atoms with E-state index < -0.39 is 0 Å². The monoisotopic (exact) mass is 494 g/mol. The molecular formula is C36H62. The predicted octanol–water partition coefficient (Wildman–Crippen LogP) is 11.7. The Bertz CT molecular complexity index is 892. The lowest BCUT2D eigenvalue weighted by molar-refractivity contribution is 0.560. The Labute approximate surface area is 227 Å². The second-order valence-corrected chi connectivity index (χ2v) is 14.2. The molecule has 0 heterocycles. The molecule has 0 radical (unpaired) electrons. The SMILES string of the molecule is CC.CC.Cc1c(C(C)c2cc(C(C)(C)C)cc(C(C)(C)C)c2C)cc(C(C)(C)C)cc1C(C)(C)C. The fourth-order valence-corrected chi connectivity index (χ4v) is 4.96. The standard InChI is InChI=1S/C32H50.2C2H6/c1-20(25-16-23(29(4,5)6)18-27(21(25)2)31(10,11)12)26-17-24(30(7,8)9)19-28(22(26)3)32(13,14)15;2*1-2/h16-20H,1-15H3;2*1-2H3. The van der Waals surface area contributed by atoms with E-state index >= 15 is 0 Å². The highest BCUT2D eigenvalue weighted by Gasteiger charge is 2.28. The van der Waals surface area contributed by atoms with Crippen LogP contribution < -0.4 is 0 Å². The molecule has 0 saturated carbocycles. The maximum Gasteiger partial charge on any atom is 0.00666 e. The average Bonchev–Trinajstić information content (AvgIpc) is 2.73. The molecule has 0 aliphatic heterocycles. The van der Waals surface area contributed by atoms with Gasteiger partial charge in [0.2, 0.25) is 0 Å². The molecule has 0 heteroatoms. The molecule has 0 nitrogen and oxygen atoms in total. The van der Waals surface area contributed by atoms with E-state index in [1.165, 1.54) is 44.5 Å². The van der Waals surface area contributed by atoms with E-state index in [1.54, 1.807) is 0 Å². The first-order valence-electron chi connectivity index (χ1n) is 14.5. The van der Waals surface area contributed by atoms with Gasteiger partial charge in [0.1, 0.15) is 0 Å². The van der Waals surface area contributed by atoms with Crippen LogP contribution >= 0.6 is 0 Å². The quantitative estimate of drug-likeness (QED) is 0.389. The second kappa shape index (κ2) is 12.3. The summed E-state index contributed by atoms with van der Waals surface area (Å²) in [4.78, 5) is 0. The van der Waals surface area contributed by atoms with Crippen molar-refractivity contribution in [3.05, 3.63) is 68.8 Å². The van der Waals surface area contributed by atoms with Crippen LogP contribution in [0.4, 0.5) is 0 Å². The number of hydrogen-bond acceptors (Lipinski definition) is 0. The summed E-state index contributed by atoms with van der Waals surface area (Å²) in [7, 11) is 0. The van der Waals surface area contributed by atoms with Crippen molar-refractivity contribution in [3.63, 3.8) is 0 Å². The summed E-state index contributed by atoms with van der Waals surface area (Å²) >= 11 is 0. The van der Waals surface area contributed by atoms with Gasteiger partial charge in [0.25, 0.3) is 0 Å². The first kappa shape index (κ1) is 34.4. The van der Waals surface area contributed by atoms with E-state index in [2.05, 4.69) is 128 Å². The lowest BCUT2D eigenvalue weighted by Gasteiger charge is -2.33. The molecule has 0 saturated heterocycles. The van der Waals surface area contributed by atoms with Gasteiger partial charge in [-0.25, -0.2) is 0 Å². The van der Waals surface area contributed by atoms with E-state index in [4.69, 9.17) is 0 Å². The fourth-order valence-electron chi connectivity index (χ4n) is 4.96.